The molecule has 1 amide bonds. The Labute approximate surface area is 80.0 Å². The lowest BCUT2D eigenvalue weighted by atomic mass is 10.1. The van der Waals surface area contributed by atoms with Gasteiger partial charge in [-0.3, -0.25) is 4.79 Å². The molecule has 0 aliphatic carbocycles. The molecule has 2 aliphatic heterocycles. The van der Waals surface area contributed by atoms with Crippen molar-refractivity contribution in [2.24, 2.45) is 4.99 Å². The summed E-state index contributed by atoms with van der Waals surface area (Å²) >= 11 is 0. The molecule has 0 saturated heterocycles. The SMILES string of the molecule is O=C1CC(C(=O)O)N2C=CC=CC2=N1. The number of amides is 1. The van der Waals surface area contributed by atoms with Crippen molar-refractivity contribution in [3.63, 3.8) is 0 Å². The number of rotatable bonds is 1. The summed E-state index contributed by atoms with van der Waals surface area (Å²) in [6, 6.07) is -0.823. The van der Waals surface area contributed by atoms with Crippen molar-refractivity contribution in [2.75, 3.05) is 0 Å². The summed E-state index contributed by atoms with van der Waals surface area (Å²) in [6.07, 6.45) is 6.59. The van der Waals surface area contributed by atoms with Crippen LogP contribution in [0.1, 0.15) is 6.42 Å². The molecule has 1 N–H and O–H groups in total. The minimum Gasteiger partial charge on any atom is -0.480 e. The molecule has 14 heavy (non-hydrogen) atoms. The molecular weight excluding hydrogens is 184 g/mol. The molecule has 0 aromatic heterocycles. The van der Waals surface area contributed by atoms with Gasteiger partial charge in [-0.25, -0.2) is 4.79 Å². The van der Waals surface area contributed by atoms with Crippen LogP contribution in [0.2, 0.25) is 0 Å². The number of carboxylic acids is 1. The first-order chi connectivity index (χ1) is 6.68. The fourth-order valence-corrected chi connectivity index (χ4v) is 1.45. The molecule has 5 nitrogen and oxygen atoms in total. The molecule has 5 heteroatoms. The number of allylic oxidation sites excluding steroid dienone is 2. The largest absolute Gasteiger partial charge is 0.480 e. The molecule has 72 valence electrons. The van der Waals surface area contributed by atoms with Crippen LogP contribution in [0.15, 0.2) is 29.4 Å². The number of hydrogen-bond donors (Lipinski definition) is 1. The molecule has 1 unspecified atom stereocenters. The summed E-state index contributed by atoms with van der Waals surface area (Å²) < 4.78 is 0. The summed E-state index contributed by atoms with van der Waals surface area (Å²) in [6.45, 7) is 0. The first kappa shape index (κ1) is 8.68. The third-order valence-corrected chi connectivity index (χ3v) is 2.10. The lowest BCUT2D eigenvalue weighted by molar-refractivity contribution is -0.143. The summed E-state index contributed by atoms with van der Waals surface area (Å²) in [4.78, 5) is 27.2. The maximum Gasteiger partial charge on any atom is 0.327 e. The minimum atomic E-state index is -1.01. The third-order valence-electron chi connectivity index (χ3n) is 2.10. The second-order valence-electron chi connectivity index (χ2n) is 3.03. The van der Waals surface area contributed by atoms with Crippen molar-refractivity contribution in [3.05, 3.63) is 24.4 Å². The van der Waals surface area contributed by atoms with E-state index < -0.39 is 12.0 Å². The fourth-order valence-electron chi connectivity index (χ4n) is 1.45. The van der Waals surface area contributed by atoms with Crippen LogP contribution in [0.4, 0.5) is 0 Å². The predicted molar refractivity (Wildman–Crippen MR) is 48.6 cm³/mol. The van der Waals surface area contributed by atoms with Gasteiger partial charge in [0.15, 0.2) is 0 Å². The molecule has 0 spiro atoms. The Bertz CT molecular complexity index is 382. The van der Waals surface area contributed by atoms with Crippen LogP contribution in [-0.2, 0) is 9.59 Å². The van der Waals surface area contributed by atoms with Gasteiger partial charge < -0.3 is 10.0 Å². The van der Waals surface area contributed by atoms with Crippen LogP contribution in [0.3, 0.4) is 0 Å². The maximum absolute atomic E-state index is 11.1. The molecule has 0 radical (unpaired) electrons. The van der Waals surface area contributed by atoms with Gasteiger partial charge in [0.25, 0.3) is 0 Å². The Hall–Kier alpha value is -1.91. The average molecular weight is 192 g/mol. The standard InChI is InChI=1S/C9H8N2O3/c12-8-5-6(9(13)14)11-4-2-1-3-7(11)10-8/h1-4,6H,5H2,(H,13,14). The van der Waals surface area contributed by atoms with E-state index in [1.54, 1.807) is 24.4 Å². The molecule has 0 bridgehead atoms. The number of carbonyl (C=O) groups is 2. The van der Waals surface area contributed by atoms with Crippen molar-refractivity contribution in [1.82, 2.24) is 4.90 Å². The number of hydrogen-bond acceptors (Lipinski definition) is 3. The van der Waals surface area contributed by atoms with Gasteiger partial charge in [0.05, 0.1) is 6.42 Å². The fraction of sp³-hybridized carbons (Fsp3) is 0.222. The van der Waals surface area contributed by atoms with Gasteiger partial charge in [-0.15, -0.1) is 0 Å². The third kappa shape index (κ3) is 1.32. The van der Waals surface area contributed by atoms with E-state index in [-0.39, 0.29) is 12.3 Å². The zero-order valence-corrected chi connectivity index (χ0v) is 7.25. The smallest absolute Gasteiger partial charge is 0.327 e. The summed E-state index contributed by atoms with van der Waals surface area (Å²) in [5, 5.41) is 8.89. The van der Waals surface area contributed by atoms with Crippen LogP contribution in [0, 0.1) is 0 Å². The second-order valence-corrected chi connectivity index (χ2v) is 3.03. The normalized spacial score (nSPS) is 24.6. The van der Waals surface area contributed by atoms with Crippen molar-refractivity contribution in [1.29, 1.82) is 0 Å². The Morgan fingerprint density at radius 1 is 1.57 bits per heavy atom. The highest BCUT2D eigenvalue weighted by molar-refractivity contribution is 6.07. The van der Waals surface area contributed by atoms with Gasteiger partial charge in [-0.1, -0.05) is 6.08 Å². The van der Waals surface area contributed by atoms with E-state index in [1.807, 2.05) is 0 Å². The topological polar surface area (TPSA) is 70.0 Å². The first-order valence-electron chi connectivity index (χ1n) is 4.16. The van der Waals surface area contributed by atoms with E-state index >= 15 is 0 Å². The highest BCUT2D eigenvalue weighted by atomic mass is 16.4. The van der Waals surface area contributed by atoms with Crippen LogP contribution in [-0.4, -0.2) is 33.8 Å². The van der Waals surface area contributed by atoms with Gasteiger partial charge in [0.1, 0.15) is 11.9 Å². The van der Waals surface area contributed by atoms with E-state index in [1.165, 1.54) is 4.90 Å². The van der Waals surface area contributed by atoms with Crippen LogP contribution in [0.25, 0.3) is 0 Å². The van der Waals surface area contributed by atoms with Crippen LogP contribution in [0.5, 0.6) is 0 Å². The van der Waals surface area contributed by atoms with Crippen molar-refractivity contribution in [3.8, 4) is 0 Å². The quantitative estimate of drug-likeness (QED) is 0.642. The zero-order chi connectivity index (χ0) is 10.1. The lowest BCUT2D eigenvalue weighted by Crippen LogP contribution is -2.46. The summed E-state index contributed by atoms with van der Waals surface area (Å²) in [5.74, 6) is -0.995. The van der Waals surface area contributed by atoms with Crippen molar-refractivity contribution < 1.29 is 14.7 Å². The number of amidine groups is 1. The molecule has 0 saturated carbocycles. The van der Waals surface area contributed by atoms with E-state index in [9.17, 15) is 9.59 Å². The number of aliphatic imine (C=N–C) groups is 1. The van der Waals surface area contributed by atoms with E-state index in [0.717, 1.165) is 0 Å². The Balaban J connectivity index is 2.38. The van der Waals surface area contributed by atoms with Gasteiger partial charge in [0.2, 0.25) is 5.91 Å². The van der Waals surface area contributed by atoms with E-state index in [4.69, 9.17) is 5.11 Å². The molecule has 1 atom stereocenters. The minimum absolute atomic E-state index is 0.0724. The monoisotopic (exact) mass is 192 g/mol. The van der Waals surface area contributed by atoms with E-state index in [2.05, 4.69) is 4.99 Å². The number of carboxylic acid groups (broad SMARTS) is 1. The Morgan fingerprint density at radius 2 is 2.36 bits per heavy atom. The molecule has 0 aromatic rings. The lowest BCUT2D eigenvalue weighted by Gasteiger charge is -2.30. The van der Waals surface area contributed by atoms with Gasteiger partial charge >= 0.3 is 5.97 Å². The van der Waals surface area contributed by atoms with E-state index in [0.29, 0.717) is 5.84 Å². The molecule has 2 rings (SSSR count). The predicted octanol–water partition coefficient (Wildman–Crippen LogP) is 0.154. The summed E-state index contributed by atoms with van der Waals surface area (Å²) in [7, 11) is 0. The second kappa shape index (κ2) is 3.10. The zero-order valence-electron chi connectivity index (χ0n) is 7.25. The highest BCUT2D eigenvalue weighted by Gasteiger charge is 2.33. The molecule has 2 aliphatic rings. The van der Waals surface area contributed by atoms with Crippen molar-refractivity contribution >= 4 is 17.7 Å². The maximum atomic E-state index is 11.1. The summed E-state index contributed by atoms with van der Waals surface area (Å²) in [5.41, 5.74) is 0. The van der Waals surface area contributed by atoms with Crippen molar-refractivity contribution in [2.45, 2.75) is 12.5 Å². The number of fused-ring (bicyclic) bond motifs is 1. The van der Waals surface area contributed by atoms with Gasteiger partial charge in [-0.2, -0.15) is 4.99 Å². The molecule has 2 heterocycles. The first-order valence-corrected chi connectivity index (χ1v) is 4.16. The van der Waals surface area contributed by atoms with Gasteiger partial charge in [0, 0.05) is 6.20 Å². The van der Waals surface area contributed by atoms with Gasteiger partial charge in [-0.05, 0) is 12.2 Å². The van der Waals surface area contributed by atoms with Crippen LogP contribution >= 0.6 is 0 Å². The Kier molecular flexibility index (Phi) is 1.92. The number of nitrogens with zero attached hydrogens (tertiary/aromatic N) is 2. The highest BCUT2D eigenvalue weighted by Crippen LogP contribution is 2.17. The number of aliphatic carboxylic acids is 1. The molecule has 0 aromatic carbocycles. The molecular formula is C9H8N2O3. The number of carbonyl (C=O) groups excluding carboxylic acids is 1. The van der Waals surface area contributed by atoms with Crippen LogP contribution < -0.4 is 0 Å². The Morgan fingerprint density at radius 3 is 3.07 bits per heavy atom. The molecule has 0 fully saturated rings. The average Bonchev–Trinajstić information content (AvgIpc) is 2.16.